The molecule has 12 heteroatoms. The zero-order valence-electron chi connectivity index (χ0n) is 16.3. The second-order valence-electron chi connectivity index (χ2n) is 6.88. The number of non-ortho nitro benzene ring substituents is 1. The lowest BCUT2D eigenvalue weighted by molar-refractivity contribution is -0.384. The zero-order valence-corrected chi connectivity index (χ0v) is 17.1. The molecule has 11 nitrogen and oxygen atoms in total. The molecule has 162 valence electrons. The lowest BCUT2D eigenvalue weighted by atomic mass is 10.3. The van der Waals surface area contributed by atoms with Crippen molar-refractivity contribution in [3.8, 4) is 5.75 Å². The van der Waals surface area contributed by atoms with Crippen LogP contribution in [0, 0.1) is 10.1 Å². The van der Waals surface area contributed by atoms with Gasteiger partial charge in [0.15, 0.2) is 6.61 Å². The fourth-order valence-corrected chi connectivity index (χ4v) is 4.93. The number of pyridine rings is 1. The summed E-state index contributed by atoms with van der Waals surface area (Å²) in [5, 5.41) is 11.2. The standard InChI is InChI=1S/C19H19N5O6S/c25-18(13-30-15-5-3-14(4-6-15)24(26)27)22-8-10-23(11-9-22)31(28,29)17-12-21-19-16(17)2-1-7-20-19/h1-7,12H,8-11,13H2,(H,20,21). The number of benzene rings is 1. The summed E-state index contributed by atoms with van der Waals surface area (Å²) in [6, 6.07) is 8.81. The minimum Gasteiger partial charge on any atom is -0.484 e. The number of carbonyl (C=O) groups is 1. The van der Waals surface area contributed by atoms with Crippen LogP contribution in [0.2, 0.25) is 0 Å². The number of rotatable bonds is 6. The van der Waals surface area contributed by atoms with Gasteiger partial charge in [0.05, 0.1) is 4.92 Å². The lowest BCUT2D eigenvalue weighted by Crippen LogP contribution is -2.51. The highest BCUT2D eigenvalue weighted by Gasteiger charge is 2.32. The Balaban J connectivity index is 1.34. The Morgan fingerprint density at radius 3 is 2.55 bits per heavy atom. The second-order valence-corrected chi connectivity index (χ2v) is 8.78. The number of fused-ring (bicyclic) bond motifs is 1. The highest BCUT2D eigenvalue weighted by Crippen LogP contribution is 2.25. The number of hydrogen-bond donors (Lipinski definition) is 1. The zero-order chi connectivity index (χ0) is 22.0. The summed E-state index contributed by atoms with van der Waals surface area (Å²) < 4.78 is 32.8. The van der Waals surface area contributed by atoms with Crippen molar-refractivity contribution in [1.82, 2.24) is 19.2 Å². The number of amides is 1. The van der Waals surface area contributed by atoms with E-state index in [2.05, 4.69) is 9.97 Å². The van der Waals surface area contributed by atoms with Crippen molar-refractivity contribution in [3.05, 3.63) is 58.9 Å². The van der Waals surface area contributed by atoms with Gasteiger partial charge in [0.2, 0.25) is 10.0 Å². The van der Waals surface area contributed by atoms with Crippen molar-refractivity contribution >= 4 is 32.7 Å². The van der Waals surface area contributed by atoms with Crippen molar-refractivity contribution in [2.45, 2.75) is 4.90 Å². The number of sulfonamides is 1. The van der Waals surface area contributed by atoms with Crippen molar-refractivity contribution in [2.75, 3.05) is 32.8 Å². The molecule has 3 aromatic rings. The molecule has 1 aliphatic rings. The Kier molecular flexibility index (Phi) is 5.57. The molecule has 0 unspecified atom stereocenters. The van der Waals surface area contributed by atoms with Crippen molar-refractivity contribution in [2.24, 2.45) is 0 Å². The van der Waals surface area contributed by atoms with Crippen LogP contribution in [0.25, 0.3) is 11.0 Å². The molecule has 1 saturated heterocycles. The number of H-pyrrole nitrogens is 1. The Bertz CT molecular complexity index is 1220. The number of nitrogens with zero attached hydrogens (tertiary/aromatic N) is 4. The number of piperazine rings is 1. The van der Waals surface area contributed by atoms with Gasteiger partial charge in [0, 0.05) is 56.1 Å². The van der Waals surface area contributed by atoms with Gasteiger partial charge in [0.25, 0.3) is 11.6 Å². The van der Waals surface area contributed by atoms with E-state index in [1.165, 1.54) is 39.7 Å². The van der Waals surface area contributed by atoms with E-state index in [0.717, 1.165) is 0 Å². The molecule has 0 radical (unpaired) electrons. The first-order valence-electron chi connectivity index (χ1n) is 9.43. The van der Waals surface area contributed by atoms with Crippen LogP contribution in [-0.2, 0) is 14.8 Å². The first-order chi connectivity index (χ1) is 14.9. The van der Waals surface area contributed by atoms with E-state index < -0.39 is 14.9 Å². The monoisotopic (exact) mass is 445 g/mol. The third-order valence-electron chi connectivity index (χ3n) is 5.03. The van der Waals surface area contributed by atoms with E-state index in [0.29, 0.717) is 16.8 Å². The minimum atomic E-state index is -3.72. The van der Waals surface area contributed by atoms with Crippen molar-refractivity contribution in [3.63, 3.8) is 0 Å². The fraction of sp³-hybridized carbons (Fsp3) is 0.263. The van der Waals surface area contributed by atoms with Crippen LogP contribution in [0.15, 0.2) is 53.7 Å². The third kappa shape index (κ3) is 4.20. The number of nitro benzene ring substituents is 1. The maximum atomic E-state index is 13.0. The molecule has 3 heterocycles. The van der Waals surface area contributed by atoms with Crippen molar-refractivity contribution in [1.29, 1.82) is 0 Å². The van der Waals surface area contributed by atoms with E-state index in [1.54, 1.807) is 18.3 Å². The van der Waals surface area contributed by atoms with Gasteiger partial charge in [-0.2, -0.15) is 4.31 Å². The quantitative estimate of drug-likeness (QED) is 0.447. The molecule has 0 saturated carbocycles. The van der Waals surface area contributed by atoms with Gasteiger partial charge in [-0.1, -0.05) is 0 Å². The number of aromatic nitrogens is 2. The van der Waals surface area contributed by atoms with E-state index >= 15 is 0 Å². The van der Waals surface area contributed by atoms with E-state index in [4.69, 9.17) is 4.74 Å². The Hall–Kier alpha value is -3.51. The smallest absolute Gasteiger partial charge is 0.269 e. The first-order valence-corrected chi connectivity index (χ1v) is 10.9. The maximum absolute atomic E-state index is 13.0. The van der Waals surface area contributed by atoms with Gasteiger partial charge < -0.3 is 14.6 Å². The number of hydrogen-bond acceptors (Lipinski definition) is 7. The average molecular weight is 445 g/mol. The molecule has 1 amide bonds. The first kappa shape index (κ1) is 20.8. The average Bonchev–Trinajstić information content (AvgIpc) is 3.23. The maximum Gasteiger partial charge on any atom is 0.269 e. The van der Waals surface area contributed by atoms with Gasteiger partial charge in [-0.05, 0) is 24.3 Å². The molecule has 2 aromatic heterocycles. The van der Waals surface area contributed by atoms with E-state index in [-0.39, 0.29) is 49.3 Å². The summed E-state index contributed by atoms with van der Waals surface area (Å²) in [7, 11) is -3.72. The molecule has 0 aliphatic carbocycles. The number of ether oxygens (including phenoxy) is 1. The molecule has 0 spiro atoms. The molecule has 1 aromatic carbocycles. The molecule has 1 fully saturated rings. The lowest BCUT2D eigenvalue weighted by Gasteiger charge is -2.33. The highest BCUT2D eigenvalue weighted by molar-refractivity contribution is 7.89. The minimum absolute atomic E-state index is 0.0676. The summed E-state index contributed by atoms with van der Waals surface area (Å²) >= 11 is 0. The fourth-order valence-electron chi connectivity index (χ4n) is 3.36. The Morgan fingerprint density at radius 2 is 1.87 bits per heavy atom. The number of aromatic amines is 1. The second kappa shape index (κ2) is 8.32. The van der Waals surface area contributed by atoms with Crippen LogP contribution in [0.1, 0.15) is 0 Å². The van der Waals surface area contributed by atoms with Gasteiger partial charge in [-0.3, -0.25) is 14.9 Å². The van der Waals surface area contributed by atoms with E-state index in [9.17, 15) is 23.3 Å². The summed E-state index contributed by atoms with van der Waals surface area (Å²) in [6.07, 6.45) is 3.01. The predicted molar refractivity (Wildman–Crippen MR) is 110 cm³/mol. The van der Waals surface area contributed by atoms with E-state index in [1.807, 2.05) is 0 Å². The SMILES string of the molecule is O=C(COc1ccc([N+](=O)[O-])cc1)N1CCN(S(=O)(=O)c2c[nH]c3ncccc23)CC1. The summed E-state index contributed by atoms with van der Waals surface area (Å²) in [4.78, 5) is 31.3. The number of nitrogens with one attached hydrogen (secondary N) is 1. The molecule has 1 aliphatic heterocycles. The van der Waals surface area contributed by atoms with Gasteiger partial charge in [-0.15, -0.1) is 0 Å². The van der Waals surface area contributed by atoms with Crippen LogP contribution in [-0.4, -0.2) is 71.2 Å². The van der Waals surface area contributed by atoms with Crippen LogP contribution in [0.4, 0.5) is 5.69 Å². The Morgan fingerprint density at radius 1 is 1.16 bits per heavy atom. The molecule has 0 bridgehead atoms. The van der Waals surface area contributed by atoms with Gasteiger partial charge in [0.1, 0.15) is 16.3 Å². The summed E-state index contributed by atoms with van der Waals surface area (Å²) in [5.41, 5.74) is 0.431. The molecule has 1 N–H and O–H groups in total. The largest absolute Gasteiger partial charge is 0.484 e. The molecular weight excluding hydrogens is 426 g/mol. The highest BCUT2D eigenvalue weighted by atomic mass is 32.2. The van der Waals surface area contributed by atoms with Gasteiger partial charge >= 0.3 is 0 Å². The molecular formula is C19H19N5O6S. The summed E-state index contributed by atoms with van der Waals surface area (Å²) in [6.45, 7) is 0.570. The van der Waals surface area contributed by atoms with Crippen LogP contribution >= 0.6 is 0 Å². The van der Waals surface area contributed by atoms with Crippen LogP contribution in [0.5, 0.6) is 5.75 Å². The third-order valence-corrected chi connectivity index (χ3v) is 6.97. The summed E-state index contributed by atoms with van der Waals surface area (Å²) in [5.74, 6) is 0.0554. The number of nitro groups is 1. The topological polar surface area (TPSA) is 139 Å². The van der Waals surface area contributed by atoms with Crippen LogP contribution < -0.4 is 4.74 Å². The van der Waals surface area contributed by atoms with Crippen molar-refractivity contribution < 1.29 is 22.9 Å². The predicted octanol–water partition coefficient (Wildman–Crippen LogP) is 1.38. The van der Waals surface area contributed by atoms with Gasteiger partial charge in [-0.25, -0.2) is 13.4 Å². The molecule has 0 atom stereocenters. The van der Waals surface area contributed by atoms with Crippen LogP contribution in [0.3, 0.4) is 0 Å². The normalized spacial score (nSPS) is 15.2. The number of carbonyl (C=O) groups excluding carboxylic acids is 1. The molecule has 4 rings (SSSR count). The molecule has 31 heavy (non-hydrogen) atoms. The Labute approximate surface area is 177 Å².